The lowest BCUT2D eigenvalue weighted by Gasteiger charge is -2.21. The van der Waals surface area contributed by atoms with E-state index in [1.54, 1.807) is 19.1 Å². The highest BCUT2D eigenvalue weighted by molar-refractivity contribution is 6.29. The molecule has 0 saturated heterocycles. The molecule has 0 saturated carbocycles. The number of aromatic nitrogens is 1. The summed E-state index contributed by atoms with van der Waals surface area (Å²) in [4.78, 5) is 16.9. The Morgan fingerprint density at radius 2 is 1.88 bits per heavy atom. The fourth-order valence-electron chi connectivity index (χ4n) is 2.96. The van der Waals surface area contributed by atoms with Gasteiger partial charge >= 0.3 is 6.29 Å². The number of halogens is 3. The lowest BCUT2D eigenvalue weighted by atomic mass is 9.83. The minimum Gasteiger partial charge on any atom is -0.492 e. The molecular weight excluding hydrogens is 370 g/mol. The molecule has 0 radical (unpaired) electrons. The SMILES string of the molecule is Cc1cc(Cl)nc(NC(=O)[C@@]2(C)COc3cc4c(cc32)OC(F)(F)O4)c1. The van der Waals surface area contributed by atoms with Crippen LogP contribution in [0.1, 0.15) is 18.1 Å². The van der Waals surface area contributed by atoms with E-state index >= 15 is 0 Å². The second-order valence-corrected chi connectivity index (χ2v) is 6.78. The third-order valence-corrected chi connectivity index (χ3v) is 4.49. The van der Waals surface area contributed by atoms with E-state index in [1.165, 1.54) is 12.1 Å². The number of carbonyl (C=O) groups excluding carboxylic acids is 1. The molecular formula is C17H13ClF2N2O4. The van der Waals surface area contributed by atoms with Gasteiger partial charge in [-0.3, -0.25) is 4.79 Å². The number of aryl methyl sites for hydroxylation is 1. The molecule has 2 aliphatic heterocycles. The molecule has 0 spiro atoms. The van der Waals surface area contributed by atoms with E-state index in [-0.39, 0.29) is 29.0 Å². The number of carbonyl (C=O) groups is 1. The minimum absolute atomic E-state index is 0.0347. The molecule has 26 heavy (non-hydrogen) atoms. The van der Waals surface area contributed by atoms with Crippen molar-refractivity contribution in [3.05, 3.63) is 40.5 Å². The van der Waals surface area contributed by atoms with E-state index < -0.39 is 17.6 Å². The van der Waals surface area contributed by atoms with Gasteiger partial charge in [-0.05, 0) is 37.6 Å². The molecule has 0 bridgehead atoms. The molecule has 1 amide bonds. The lowest BCUT2D eigenvalue weighted by molar-refractivity contribution is -0.286. The van der Waals surface area contributed by atoms with Crippen molar-refractivity contribution >= 4 is 23.3 Å². The molecule has 2 aliphatic rings. The molecule has 0 fully saturated rings. The maximum Gasteiger partial charge on any atom is 0.586 e. The Bertz CT molecular complexity index is 917. The summed E-state index contributed by atoms with van der Waals surface area (Å²) in [5.41, 5.74) is 0.136. The molecule has 0 unspecified atom stereocenters. The number of ether oxygens (including phenoxy) is 3. The highest BCUT2D eigenvalue weighted by Gasteiger charge is 2.48. The molecule has 3 heterocycles. The predicted molar refractivity (Wildman–Crippen MR) is 88.1 cm³/mol. The number of rotatable bonds is 2. The fourth-order valence-corrected chi connectivity index (χ4v) is 3.22. The smallest absolute Gasteiger partial charge is 0.492 e. The van der Waals surface area contributed by atoms with Crippen LogP contribution < -0.4 is 19.5 Å². The van der Waals surface area contributed by atoms with Gasteiger partial charge in [0.1, 0.15) is 28.7 Å². The first-order valence-corrected chi connectivity index (χ1v) is 8.07. The average Bonchev–Trinajstić information content (AvgIpc) is 3.00. The molecule has 6 nitrogen and oxygen atoms in total. The summed E-state index contributed by atoms with van der Waals surface area (Å²) in [7, 11) is 0. The quantitative estimate of drug-likeness (QED) is 0.803. The van der Waals surface area contributed by atoms with Crippen LogP contribution in [0.4, 0.5) is 14.6 Å². The Balaban J connectivity index is 1.66. The Morgan fingerprint density at radius 3 is 2.58 bits per heavy atom. The number of fused-ring (bicyclic) bond motifs is 2. The Kier molecular flexibility index (Phi) is 3.52. The number of hydrogen-bond donors (Lipinski definition) is 1. The molecule has 9 heteroatoms. The van der Waals surface area contributed by atoms with Crippen LogP contribution in [0.5, 0.6) is 17.2 Å². The molecule has 1 N–H and O–H groups in total. The zero-order chi connectivity index (χ0) is 18.7. The summed E-state index contributed by atoms with van der Waals surface area (Å²) >= 11 is 5.91. The highest BCUT2D eigenvalue weighted by Crippen LogP contribution is 2.49. The Hall–Kier alpha value is -2.61. The van der Waals surface area contributed by atoms with Crippen molar-refractivity contribution in [3.8, 4) is 17.2 Å². The zero-order valence-electron chi connectivity index (χ0n) is 13.7. The maximum atomic E-state index is 13.3. The molecule has 136 valence electrons. The van der Waals surface area contributed by atoms with Crippen LogP contribution in [0.2, 0.25) is 5.15 Å². The zero-order valence-corrected chi connectivity index (χ0v) is 14.5. The molecule has 1 atom stereocenters. The molecule has 1 aromatic heterocycles. The van der Waals surface area contributed by atoms with E-state index in [0.29, 0.717) is 11.4 Å². The minimum atomic E-state index is -3.74. The van der Waals surface area contributed by atoms with E-state index in [2.05, 4.69) is 19.8 Å². The van der Waals surface area contributed by atoms with Crippen molar-refractivity contribution in [1.29, 1.82) is 0 Å². The molecule has 0 aliphatic carbocycles. The number of benzene rings is 1. The number of hydrogen-bond acceptors (Lipinski definition) is 5. The van der Waals surface area contributed by atoms with E-state index in [0.717, 1.165) is 5.56 Å². The molecule has 4 rings (SSSR count). The monoisotopic (exact) mass is 382 g/mol. The van der Waals surface area contributed by atoms with Crippen molar-refractivity contribution in [3.63, 3.8) is 0 Å². The highest BCUT2D eigenvalue weighted by atomic mass is 35.5. The summed E-state index contributed by atoms with van der Waals surface area (Å²) in [5, 5.41) is 2.95. The van der Waals surface area contributed by atoms with Crippen LogP contribution in [0.15, 0.2) is 24.3 Å². The van der Waals surface area contributed by atoms with E-state index in [1.807, 2.05) is 6.92 Å². The van der Waals surface area contributed by atoms with Gasteiger partial charge < -0.3 is 19.5 Å². The fraction of sp³-hybridized carbons (Fsp3) is 0.294. The summed E-state index contributed by atoms with van der Waals surface area (Å²) in [6.07, 6.45) is -3.74. The maximum absolute atomic E-state index is 13.3. The number of nitrogens with zero attached hydrogens (tertiary/aromatic N) is 1. The first-order valence-electron chi connectivity index (χ1n) is 7.69. The van der Waals surface area contributed by atoms with Gasteiger partial charge in [0.15, 0.2) is 11.5 Å². The lowest BCUT2D eigenvalue weighted by Crippen LogP contribution is -2.39. The van der Waals surface area contributed by atoms with Crippen LogP contribution in [-0.4, -0.2) is 23.8 Å². The van der Waals surface area contributed by atoms with Gasteiger partial charge in [0.25, 0.3) is 0 Å². The second kappa shape index (κ2) is 5.44. The van der Waals surface area contributed by atoms with Crippen LogP contribution in [0.3, 0.4) is 0 Å². The van der Waals surface area contributed by atoms with Gasteiger partial charge in [-0.15, -0.1) is 8.78 Å². The number of nitrogens with one attached hydrogen (secondary N) is 1. The van der Waals surface area contributed by atoms with Gasteiger partial charge in [0.05, 0.1) is 0 Å². The largest absolute Gasteiger partial charge is 0.586 e. The van der Waals surface area contributed by atoms with Crippen LogP contribution in [0.25, 0.3) is 0 Å². The molecule has 1 aromatic carbocycles. The third kappa shape index (κ3) is 2.70. The Labute approximate surface area is 152 Å². The molecule has 2 aromatic rings. The predicted octanol–water partition coefficient (Wildman–Crippen LogP) is 3.65. The van der Waals surface area contributed by atoms with Crippen molar-refractivity contribution in [2.24, 2.45) is 0 Å². The first-order chi connectivity index (χ1) is 12.2. The van der Waals surface area contributed by atoms with Gasteiger partial charge in [-0.1, -0.05) is 11.6 Å². The van der Waals surface area contributed by atoms with Gasteiger partial charge in [-0.2, -0.15) is 0 Å². The van der Waals surface area contributed by atoms with Crippen LogP contribution >= 0.6 is 11.6 Å². The van der Waals surface area contributed by atoms with Crippen molar-refractivity contribution < 1.29 is 27.8 Å². The average molecular weight is 383 g/mol. The van der Waals surface area contributed by atoms with E-state index in [4.69, 9.17) is 16.3 Å². The summed E-state index contributed by atoms with van der Waals surface area (Å²) in [6, 6.07) is 5.97. The summed E-state index contributed by atoms with van der Waals surface area (Å²) in [6.45, 7) is 3.50. The topological polar surface area (TPSA) is 69.7 Å². The standard InChI is InChI=1S/C17H13ClF2N2O4/c1-8-3-13(18)21-14(4-8)22-15(23)16(2)7-24-10-6-12-11(5-9(10)16)25-17(19,20)26-12/h3-6H,7H2,1-2H3,(H,21,22,23)/t16-/m0/s1. The number of anilines is 1. The van der Waals surface area contributed by atoms with Crippen molar-refractivity contribution in [2.45, 2.75) is 25.6 Å². The van der Waals surface area contributed by atoms with Crippen molar-refractivity contribution in [1.82, 2.24) is 4.98 Å². The van der Waals surface area contributed by atoms with Crippen molar-refractivity contribution in [2.75, 3.05) is 11.9 Å². The first kappa shape index (κ1) is 16.8. The van der Waals surface area contributed by atoms with Gasteiger partial charge in [0, 0.05) is 11.6 Å². The van der Waals surface area contributed by atoms with Crippen LogP contribution in [-0.2, 0) is 10.2 Å². The van der Waals surface area contributed by atoms with Crippen LogP contribution in [0, 0.1) is 6.92 Å². The normalized spacial score (nSPS) is 21.9. The third-order valence-electron chi connectivity index (χ3n) is 4.30. The number of pyridine rings is 1. The number of amides is 1. The summed E-state index contributed by atoms with van der Waals surface area (Å²) in [5.74, 6) is -0.100. The Morgan fingerprint density at radius 1 is 1.19 bits per heavy atom. The number of alkyl halides is 2. The second-order valence-electron chi connectivity index (χ2n) is 6.39. The summed E-state index contributed by atoms with van der Waals surface area (Å²) < 4.78 is 40.9. The van der Waals surface area contributed by atoms with E-state index in [9.17, 15) is 13.6 Å². The van der Waals surface area contributed by atoms with Gasteiger partial charge in [0.2, 0.25) is 5.91 Å². The van der Waals surface area contributed by atoms with Gasteiger partial charge in [-0.25, -0.2) is 4.98 Å².